The van der Waals surface area contributed by atoms with Crippen molar-refractivity contribution in [3.8, 4) is 23.3 Å². The quantitative estimate of drug-likeness (QED) is 0.411. The SMILES string of the molecule is Cc1c(F)c(Oc2cccc(CCO)c2)nc(Oc2cccc(C(=N)N)c2)c1F. The lowest BCUT2D eigenvalue weighted by atomic mass is 10.1. The van der Waals surface area contributed by atoms with E-state index in [9.17, 15) is 8.78 Å². The second-order valence-corrected chi connectivity index (χ2v) is 6.24. The van der Waals surface area contributed by atoms with E-state index in [1.165, 1.54) is 19.1 Å². The van der Waals surface area contributed by atoms with Crippen LogP contribution >= 0.6 is 0 Å². The van der Waals surface area contributed by atoms with E-state index in [1.54, 1.807) is 36.4 Å². The molecule has 3 rings (SSSR count). The van der Waals surface area contributed by atoms with Crippen molar-refractivity contribution >= 4 is 5.84 Å². The first-order chi connectivity index (χ1) is 13.9. The van der Waals surface area contributed by atoms with Gasteiger partial charge in [0, 0.05) is 17.7 Å². The average Bonchev–Trinajstić information content (AvgIpc) is 2.71. The van der Waals surface area contributed by atoms with Crippen molar-refractivity contribution in [1.82, 2.24) is 4.98 Å². The fourth-order valence-electron chi connectivity index (χ4n) is 2.59. The lowest BCUT2D eigenvalue weighted by Gasteiger charge is -2.13. The van der Waals surface area contributed by atoms with Crippen LogP contribution in [0.3, 0.4) is 0 Å². The first-order valence-corrected chi connectivity index (χ1v) is 8.74. The van der Waals surface area contributed by atoms with E-state index in [-0.39, 0.29) is 29.5 Å². The third-order valence-electron chi connectivity index (χ3n) is 4.11. The topological polar surface area (TPSA) is 101 Å². The van der Waals surface area contributed by atoms with Crippen LogP contribution in [-0.2, 0) is 6.42 Å². The van der Waals surface area contributed by atoms with Crippen LogP contribution in [0.25, 0.3) is 0 Å². The molecule has 0 atom stereocenters. The number of aromatic nitrogens is 1. The molecule has 0 saturated carbocycles. The minimum Gasteiger partial charge on any atom is -0.436 e. The number of halogens is 2. The van der Waals surface area contributed by atoms with Gasteiger partial charge in [-0.1, -0.05) is 24.3 Å². The Morgan fingerprint density at radius 1 is 1.03 bits per heavy atom. The van der Waals surface area contributed by atoms with Crippen molar-refractivity contribution in [1.29, 1.82) is 5.41 Å². The van der Waals surface area contributed by atoms with Crippen LogP contribution in [-0.4, -0.2) is 22.5 Å². The molecule has 2 aromatic carbocycles. The zero-order valence-electron chi connectivity index (χ0n) is 15.6. The van der Waals surface area contributed by atoms with Gasteiger partial charge in [0.25, 0.3) is 11.8 Å². The monoisotopic (exact) mass is 399 g/mol. The Morgan fingerprint density at radius 2 is 1.62 bits per heavy atom. The summed E-state index contributed by atoms with van der Waals surface area (Å²) in [5.74, 6) is -2.51. The molecule has 150 valence electrons. The predicted octanol–water partition coefficient (Wildman–Crippen LogP) is 4.07. The second kappa shape index (κ2) is 8.66. The molecule has 0 aliphatic carbocycles. The van der Waals surface area contributed by atoms with Gasteiger partial charge in [-0.25, -0.2) is 8.78 Å². The summed E-state index contributed by atoms with van der Waals surface area (Å²) in [5, 5.41) is 16.5. The van der Waals surface area contributed by atoms with Crippen LogP contribution in [0.1, 0.15) is 16.7 Å². The largest absolute Gasteiger partial charge is 0.436 e. The van der Waals surface area contributed by atoms with Crippen LogP contribution in [0.2, 0.25) is 0 Å². The number of hydrogen-bond donors (Lipinski definition) is 3. The van der Waals surface area contributed by atoms with Gasteiger partial charge in [0.05, 0.1) is 0 Å². The van der Waals surface area contributed by atoms with Gasteiger partial charge in [-0.15, -0.1) is 0 Å². The van der Waals surface area contributed by atoms with E-state index in [1.807, 2.05) is 0 Å². The minimum absolute atomic E-state index is 0.0387. The van der Waals surface area contributed by atoms with Crippen molar-refractivity contribution < 1.29 is 23.4 Å². The van der Waals surface area contributed by atoms with Crippen LogP contribution in [0.5, 0.6) is 23.3 Å². The molecular weight excluding hydrogens is 380 g/mol. The molecule has 0 bridgehead atoms. The Balaban J connectivity index is 1.94. The maximum atomic E-state index is 14.5. The van der Waals surface area contributed by atoms with E-state index in [4.69, 9.17) is 25.7 Å². The van der Waals surface area contributed by atoms with Gasteiger partial charge < -0.3 is 20.3 Å². The number of hydrogen-bond acceptors (Lipinski definition) is 5. The highest BCUT2D eigenvalue weighted by Crippen LogP contribution is 2.33. The fraction of sp³-hybridized carbons (Fsp3) is 0.143. The Labute approximate surface area is 166 Å². The summed E-state index contributed by atoms with van der Waals surface area (Å²) in [6.07, 6.45) is 0.413. The number of aliphatic hydroxyl groups is 1. The number of amidine groups is 1. The van der Waals surface area contributed by atoms with Gasteiger partial charge in [0.1, 0.15) is 17.3 Å². The summed E-state index contributed by atoms with van der Waals surface area (Å²) >= 11 is 0. The molecule has 1 aromatic heterocycles. The minimum atomic E-state index is -0.961. The molecule has 0 saturated heterocycles. The van der Waals surface area contributed by atoms with E-state index in [2.05, 4.69) is 4.98 Å². The molecule has 0 amide bonds. The number of nitrogens with zero attached hydrogens (tertiary/aromatic N) is 1. The van der Waals surface area contributed by atoms with Crippen molar-refractivity contribution in [2.75, 3.05) is 6.61 Å². The van der Waals surface area contributed by atoms with Crippen LogP contribution in [0.4, 0.5) is 8.78 Å². The molecule has 3 aromatic rings. The highest BCUT2D eigenvalue weighted by molar-refractivity contribution is 5.95. The van der Waals surface area contributed by atoms with Gasteiger partial charge in [-0.3, -0.25) is 5.41 Å². The number of nitrogen functional groups attached to an aromatic ring is 1. The molecule has 0 spiro atoms. The van der Waals surface area contributed by atoms with E-state index in [0.29, 0.717) is 12.0 Å². The Morgan fingerprint density at radius 3 is 2.21 bits per heavy atom. The molecule has 0 unspecified atom stereocenters. The van der Waals surface area contributed by atoms with Crippen molar-refractivity contribution in [3.05, 3.63) is 76.9 Å². The zero-order chi connectivity index (χ0) is 21.0. The fourth-order valence-corrected chi connectivity index (χ4v) is 2.59. The van der Waals surface area contributed by atoms with E-state index >= 15 is 0 Å². The number of pyridine rings is 1. The predicted molar refractivity (Wildman–Crippen MR) is 104 cm³/mol. The Hall–Kier alpha value is -3.52. The molecular formula is C21H19F2N3O3. The number of nitrogens with one attached hydrogen (secondary N) is 1. The summed E-state index contributed by atoms with van der Waals surface area (Å²) in [6, 6.07) is 12.9. The summed E-state index contributed by atoms with van der Waals surface area (Å²) in [6.45, 7) is 1.21. The van der Waals surface area contributed by atoms with Gasteiger partial charge in [-0.2, -0.15) is 4.98 Å². The van der Waals surface area contributed by atoms with Crippen molar-refractivity contribution in [3.63, 3.8) is 0 Å². The summed E-state index contributed by atoms with van der Waals surface area (Å²) in [7, 11) is 0. The highest BCUT2D eigenvalue weighted by atomic mass is 19.1. The van der Waals surface area contributed by atoms with Crippen LogP contribution < -0.4 is 15.2 Å². The summed E-state index contributed by atoms with van der Waals surface area (Å²) in [5.41, 5.74) is 6.32. The first kappa shape index (κ1) is 20.2. The number of ether oxygens (including phenoxy) is 2. The number of benzene rings is 2. The molecule has 1 heterocycles. The maximum Gasteiger partial charge on any atom is 0.259 e. The molecule has 0 aliphatic heterocycles. The highest BCUT2D eigenvalue weighted by Gasteiger charge is 2.21. The van der Waals surface area contributed by atoms with Gasteiger partial charge in [0.15, 0.2) is 11.6 Å². The average molecular weight is 399 g/mol. The zero-order valence-corrected chi connectivity index (χ0v) is 15.6. The molecule has 0 aliphatic rings. The number of aliphatic hydroxyl groups excluding tert-OH is 1. The standard InChI is InChI=1S/C21H19F2N3O3/c1-12-17(22)20(28-15-6-2-4-13(10-15)8-9-27)26-21(18(12)23)29-16-7-3-5-14(11-16)19(24)25/h2-7,10-11,27H,8-9H2,1H3,(H3,24,25). The molecule has 0 fully saturated rings. The molecule has 8 heteroatoms. The van der Waals surface area contributed by atoms with Gasteiger partial charge >= 0.3 is 0 Å². The van der Waals surface area contributed by atoms with Crippen LogP contribution in [0.15, 0.2) is 48.5 Å². The third kappa shape index (κ3) is 4.67. The Bertz CT molecular complexity index is 1060. The van der Waals surface area contributed by atoms with E-state index in [0.717, 1.165) is 5.56 Å². The lowest BCUT2D eigenvalue weighted by molar-refractivity contribution is 0.299. The second-order valence-electron chi connectivity index (χ2n) is 6.24. The summed E-state index contributed by atoms with van der Waals surface area (Å²) < 4.78 is 40.0. The van der Waals surface area contributed by atoms with Crippen molar-refractivity contribution in [2.45, 2.75) is 13.3 Å². The molecule has 6 nitrogen and oxygen atoms in total. The molecule has 4 N–H and O–H groups in total. The molecule has 0 radical (unpaired) electrons. The van der Waals surface area contributed by atoms with Gasteiger partial charge in [0.2, 0.25) is 0 Å². The molecule has 29 heavy (non-hydrogen) atoms. The van der Waals surface area contributed by atoms with Crippen LogP contribution in [0, 0.1) is 24.0 Å². The summed E-state index contributed by atoms with van der Waals surface area (Å²) in [4.78, 5) is 3.84. The third-order valence-corrected chi connectivity index (χ3v) is 4.11. The lowest BCUT2D eigenvalue weighted by Crippen LogP contribution is -2.10. The normalized spacial score (nSPS) is 10.6. The smallest absolute Gasteiger partial charge is 0.259 e. The van der Waals surface area contributed by atoms with Crippen molar-refractivity contribution in [2.24, 2.45) is 5.73 Å². The number of nitrogens with two attached hydrogens (primary N) is 1. The first-order valence-electron chi connectivity index (χ1n) is 8.74. The Kier molecular flexibility index (Phi) is 6.04. The number of rotatable bonds is 7. The van der Waals surface area contributed by atoms with E-state index < -0.39 is 23.4 Å². The maximum absolute atomic E-state index is 14.5. The van der Waals surface area contributed by atoms with Gasteiger partial charge in [-0.05, 0) is 43.2 Å².